The Balaban J connectivity index is 2.03. The van der Waals surface area contributed by atoms with Crippen molar-refractivity contribution in [2.24, 2.45) is 0 Å². The van der Waals surface area contributed by atoms with E-state index in [9.17, 15) is 9.59 Å². The minimum Gasteiger partial charge on any atom is -0.376 e. The van der Waals surface area contributed by atoms with Crippen LogP contribution in [0.25, 0.3) is 0 Å². The summed E-state index contributed by atoms with van der Waals surface area (Å²) in [7, 11) is 0. The second kappa shape index (κ2) is 5.50. The highest BCUT2D eigenvalue weighted by Crippen LogP contribution is 2.22. The van der Waals surface area contributed by atoms with Gasteiger partial charge in [0.05, 0.1) is 5.69 Å². The fourth-order valence-electron chi connectivity index (χ4n) is 1.49. The highest BCUT2D eigenvalue weighted by Gasteiger charge is 2.10. The van der Waals surface area contributed by atoms with Gasteiger partial charge in [-0.05, 0) is 17.5 Å². The molecule has 0 aliphatic carbocycles. The van der Waals surface area contributed by atoms with E-state index in [1.54, 1.807) is 5.38 Å². The number of hydrogen-bond donors (Lipinski definition) is 1. The summed E-state index contributed by atoms with van der Waals surface area (Å²) in [6, 6.07) is 3.87. The number of nitrogens with one attached hydrogen (secondary N) is 1. The van der Waals surface area contributed by atoms with Crippen LogP contribution >= 0.6 is 11.3 Å². The van der Waals surface area contributed by atoms with Gasteiger partial charge in [0, 0.05) is 36.8 Å². The van der Waals surface area contributed by atoms with E-state index in [4.69, 9.17) is 0 Å². The lowest BCUT2D eigenvalue weighted by molar-refractivity contribution is -0.134. The summed E-state index contributed by atoms with van der Waals surface area (Å²) in [6.07, 6.45) is 3.12. The number of thiophene rings is 1. The molecule has 2 aromatic rings. The fourth-order valence-corrected chi connectivity index (χ4v) is 2.27. The SMILES string of the molecule is CC(=O)OC(=O)Nc1cscc1Cn1cccc1. The molecule has 0 aromatic carbocycles. The van der Waals surface area contributed by atoms with Gasteiger partial charge in [0.1, 0.15) is 0 Å². The predicted molar refractivity (Wildman–Crippen MR) is 68.6 cm³/mol. The molecule has 18 heavy (non-hydrogen) atoms. The van der Waals surface area contributed by atoms with Gasteiger partial charge >= 0.3 is 12.1 Å². The molecule has 0 spiro atoms. The molecular formula is C12H12N2O3S. The summed E-state index contributed by atoms with van der Waals surface area (Å²) in [5.74, 6) is -0.630. The van der Waals surface area contributed by atoms with Crippen LogP contribution in [0.1, 0.15) is 12.5 Å². The van der Waals surface area contributed by atoms with E-state index < -0.39 is 12.1 Å². The molecule has 1 N–H and O–H groups in total. The van der Waals surface area contributed by atoms with E-state index >= 15 is 0 Å². The van der Waals surface area contributed by atoms with Gasteiger partial charge in [0.2, 0.25) is 0 Å². The molecule has 0 saturated heterocycles. The first kappa shape index (κ1) is 12.4. The smallest absolute Gasteiger partial charge is 0.376 e. The highest BCUT2D eigenvalue weighted by molar-refractivity contribution is 7.08. The number of amides is 1. The van der Waals surface area contributed by atoms with Crippen molar-refractivity contribution in [3.05, 3.63) is 40.8 Å². The van der Waals surface area contributed by atoms with E-state index in [0.717, 1.165) is 5.56 Å². The van der Waals surface area contributed by atoms with Crippen LogP contribution in [-0.2, 0) is 16.1 Å². The molecule has 0 bridgehead atoms. The van der Waals surface area contributed by atoms with Crippen LogP contribution in [0.15, 0.2) is 35.3 Å². The fraction of sp³-hybridized carbons (Fsp3) is 0.167. The Bertz CT molecular complexity index is 545. The molecule has 0 aliphatic rings. The third-order valence-corrected chi connectivity index (χ3v) is 3.03. The molecule has 0 fully saturated rings. The summed E-state index contributed by atoms with van der Waals surface area (Å²) >= 11 is 1.48. The van der Waals surface area contributed by atoms with E-state index in [1.165, 1.54) is 18.3 Å². The summed E-state index contributed by atoms with van der Waals surface area (Å²) in [5, 5.41) is 6.30. The molecule has 1 amide bonds. The van der Waals surface area contributed by atoms with Gasteiger partial charge in [-0.1, -0.05) is 0 Å². The van der Waals surface area contributed by atoms with Crippen molar-refractivity contribution >= 4 is 29.1 Å². The molecule has 6 heteroatoms. The minimum atomic E-state index is -0.755. The number of nitrogens with zero attached hydrogens (tertiary/aromatic N) is 1. The zero-order valence-electron chi connectivity index (χ0n) is 9.75. The summed E-state index contributed by atoms with van der Waals surface area (Å²) in [6.45, 7) is 1.85. The molecule has 2 aromatic heterocycles. The summed E-state index contributed by atoms with van der Waals surface area (Å²) in [4.78, 5) is 22.0. The number of carbonyl (C=O) groups excluding carboxylic acids is 2. The molecule has 2 rings (SSSR count). The average Bonchev–Trinajstić information content (AvgIpc) is 2.90. The predicted octanol–water partition coefficient (Wildman–Crippen LogP) is 2.69. The maximum Gasteiger partial charge on any atom is 0.419 e. The first-order valence-electron chi connectivity index (χ1n) is 5.30. The Morgan fingerprint density at radius 2 is 2.06 bits per heavy atom. The second-order valence-electron chi connectivity index (χ2n) is 3.67. The first-order chi connectivity index (χ1) is 8.65. The number of anilines is 1. The van der Waals surface area contributed by atoms with Crippen LogP contribution in [0.3, 0.4) is 0 Å². The van der Waals surface area contributed by atoms with Gasteiger partial charge in [-0.25, -0.2) is 4.79 Å². The molecule has 0 saturated carbocycles. The van der Waals surface area contributed by atoms with E-state index in [-0.39, 0.29) is 0 Å². The molecule has 0 atom stereocenters. The lowest BCUT2D eigenvalue weighted by atomic mass is 10.3. The lowest BCUT2D eigenvalue weighted by Crippen LogP contribution is -2.17. The summed E-state index contributed by atoms with van der Waals surface area (Å²) in [5.41, 5.74) is 1.64. The molecule has 0 unspecified atom stereocenters. The second-order valence-corrected chi connectivity index (χ2v) is 4.42. The third kappa shape index (κ3) is 3.21. The van der Waals surface area contributed by atoms with Crippen LogP contribution in [-0.4, -0.2) is 16.6 Å². The van der Waals surface area contributed by atoms with Crippen LogP contribution < -0.4 is 5.32 Å². The zero-order chi connectivity index (χ0) is 13.0. The largest absolute Gasteiger partial charge is 0.419 e. The maximum atomic E-state index is 11.3. The van der Waals surface area contributed by atoms with Crippen molar-refractivity contribution in [2.45, 2.75) is 13.5 Å². The van der Waals surface area contributed by atoms with Gasteiger partial charge in [0.15, 0.2) is 0 Å². The minimum absolute atomic E-state index is 0.630. The topological polar surface area (TPSA) is 60.3 Å². The van der Waals surface area contributed by atoms with Crippen molar-refractivity contribution in [3.63, 3.8) is 0 Å². The van der Waals surface area contributed by atoms with Crippen molar-refractivity contribution in [3.8, 4) is 0 Å². The quantitative estimate of drug-likeness (QED) is 0.685. The van der Waals surface area contributed by atoms with E-state index in [2.05, 4.69) is 10.1 Å². The molecule has 0 radical (unpaired) electrons. The van der Waals surface area contributed by atoms with Crippen molar-refractivity contribution in [1.29, 1.82) is 0 Å². The van der Waals surface area contributed by atoms with Gasteiger partial charge < -0.3 is 9.30 Å². The number of hydrogen-bond acceptors (Lipinski definition) is 4. The normalized spacial score (nSPS) is 10.1. The highest BCUT2D eigenvalue weighted by atomic mass is 32.1. The number of esters is 1. The van der Waals surface area contributed by atoms with Crippen LogP contribution in [0.2, 0.25) is 0 Å². The maximum absolute atomic E-state index is 11.3. The zero-order valence-corrected chi connectivity index (χ0v) is 10.6. The van der Waals surface area contributed by atoms with Crippen LogP contribution in [0.5, 0.6) is 0 Å². The number of ether oxygens (including phenoxy) is 1. The number of carbonyl (C=O) groups is 2. The molecular weight excluding hydrogens is 252 g/mol. The van der Waals surface area contributed by atoms with Crippen LogP contribution in [0.4, 0.5) is 10.5 Å². The molecule has 2 heterocycles. The molecule has 94 valence electrons. The Hall–Kier alpha value is -2.08. The molecule has 5 nitrogen and oxygen atoms in total. The van der Waals surface area contributed by atoms with Crippen molar-refractivity contribution in [2.75, 3.05) is 5.32 Å². The number of rotatable bonds is 3. The van der Waals surface area contributed by atoms with Crippen LogP contribution in [0, 0.1) is 0 Å². The Kier molecular flexibility index (Phi) is 3.78. The monoisotopic (exact) mass is 264 g/mol. The van der Waals surface area contributed by atoms with Gasteiger partial charge in [-0.3, -0.25) is 10.1 Å². The number of aromatic nitrogens is 1. The Morgan fingerprint density at radius 3 is 2.72 bits per heavy atom. The lowest BCUT2D eigenvalue weighted by Gasteiger charge is -2.06. The van der Waals surface area contributed by atoms with E-state index in [0.29, 0.717) is 12.2 Å². The van der Waals surface area contributed by atoms with E-state index in [1.807, 2.05) is 34.5 Å². The third-order valence-electron chi connectivity index (χ3n) is 2.23. The van der Waals surface area contributed by atoms with Gasteiger partial charge in [-0.2, -0.15) is 0 Å². The Labute approximate surface area is 108 Å². The van der Waals surface area contributed by atoms with Gasteiger partial charge in [0.25, 0.3) is 0 Å². The standard InChI is InChI=1S/C12H12N2O3S/c1-9(15)17-12(16)13-11-8-18-7-10(11)6-14-4-2-3-5-14/h2-5,7-8H,6H2,1H3,(H,13,16). The van der Waals surface area contributed by atoms with Crippen molar-refractivity contribution < 1.29 is 14.3 Å². The first-order valence-corrected chi connectivity index (χ1v) is 6.24. The summed E-state index contributed by atoms with van der Waals surface area (Å²) < 4.78 is 6.41. The average molecular weight is 264 g/mol. The van der Waals surface area contributed by atoms with Crippen molar-refractivity contribution in [1.82, 2.24) is 4.57 Å². The Morgan fingerprint density at radius 1 is 1.33 bits per heavy atom. The van der Waals surface area contributed by atoms with Gasteiger partial charge in [-0.15, -0.1) is 11.3 Å². The molecule has 0 aliphatic heterocycles.